The summed E-state index contributed by atoms with van der Waals surface area (Å²) < 4.78 is 1.20. The molecule has 0 nitrogen and oxygen atoms in total. The predicted molar refractivity (Wildman–Crippen MR) is 56.1 cm³/mol. The van der Waals surface area contributed by atoms with Crippen molar-refractivity contribution in [3.63, 3.8) is 0 Å². The van der Waals surface area contributed by atoms with Crippen molar-refractivity contribution >= 4 is 31.9 Å². The smallest absolute Gasteiger partial charge is 0.0449 e. The fraction of sp³-hybridized carbons (Fsp3) is 0.333. The Labute approximate surface area is 84.3 Å². The molecule has 0 aromatic heterocycles. The van der Waals surface area contributed by atoms with Gasteiger partial charge >= 0.3 is 0 Å². The summed E-state index contributed by atoms with van der Waals surface area (Å²) in [6, 6.07) is 8.33. The zero-order valence-electron chi connectivity index (χ0n) is 6.57. The van der Waals surface area contributed by atoms with Crippen LogP contribution in [-0.4, -0.2) is 0 Å². The molecule has 1 aromatic carbocycles. The van der Waals surface area contributed by atoms with Gasteiger partial charge in [-0.2, -0.15) is 0 Å². The SMILES string of the molecule is CC(C)(Br)c1ccc(Br)cc1. The van der Waals surface area contributed by atoms with E-state index in [0.29, 0.717) is 0 Å². The van der Waals surface area contributed by atoms with Crippen LogP contribution in [0, 0.1) is 0 Å². The molecule has 0 N–H and O–H groups in total. The Morgan fingerprint density at radius 1 is 1.09 bits per heavy atom. The second-order valence-corrected chi connectivity index (χ2v) is 5.88. The predicted octanol–water partition coefficient (Wildman–Crippen LogP) is 4.08. The van der Waals surface area contributed by atoms with Crippen molar-refractivity contribution < 1.29 is 0 Å². The molecule has 1 aromatic rings. The van der Waals surface area contributed by atoms with Crippen LogP contribution in [0.4, 0.5) is 0 Å². The van der Waals surface area contributed by atoms with Gasteiger partial charge in [0.15, 0.2) is 0 Å². The minimum atomic E-state index is 0.0771. The van der Waals surface area contributed by atoms with Crippen LogP contribution in [-0.2, 0) is 4.32 Å². The van der Waals surface area contributed by atoms with Crippen molar-refractivity contribution in [3.05, 3.63) is 34.3 Å². The Bertz CT molecular complexity index is 231. The first-order chi connectivity index (χ1) is 5.00. The maximum Gasteiger partial charge on any atom is 0.0449 e. The Kier molecular flexibility index (Phi) is 2.76. The Morgan fingerprint density at radius 2 is 1.55 bits per heavy atom. The largest absolute Gasteiger partial charge is 0.0807 e. The molecule has 0 atom stereocenters. The summed E-state index contributed by atoms with van der Waals surface area (Å²) in [5, 5.41) is 0. The van der Waals surface area contributed by atoms with Crippen LogP contribution >= 0.6 is 31.9 Å². The van der Waals surface area contributed by atoms with Crippen LogP contribution in [0.1, 0.15) is 19.4 Å². The third kappa shape index (κ3) is 2.60. The number of halogens is 2. The average Bonchev–Trinajstić information content (AvgIpc) is 1.86. The third-order valence-electron chi connectivity index (χ3n) is 1.53. The Morgan fingerprint density at radius 3 is 1.91 bits per heavy atom. The van der Waals surface area contributed by atoms with E-state index < -0.39 is 0 Å². The topological polar surface area (TPSA) is 0 Å². The molecule has 0 heterocycles. The Hall–Kier alpha value is 0.180. The molecule has 0 aliphatic heterocycles. The highest BCUT2D eigenvalue weighted by molar-refractivity contribution is 9.10. The lowest BCUT2D eigenvalue weighted by Gasteiger charge is -2.16. The third-order valence-corrected chi connectivity index (χ3v) is 2.52. The zero-order chi connectivity index (χ0) is 8.48. The highest BCUT2D eigenvalue weighted by atomic mass is 79.9. The standard InChI is InChI=1S/C9H10Br2/c1-9(2,11)7-3-5-8(10)6-4-7/h3-6H,1-2H3. The second-order valence-electron chi connectivity index (χ2n) is 2.98. The average molecular weight is 278 g/mol. The molecular formula is C9H10Br2. The van der Waals surface area contributed by atoms with Gasteiger partial charge in [0.05, 0.1) is 0 Å². The van der Waals surface area contributed by atoms with Gasteiger partial charge in [-0.05, 0) is 31.5 Å². The van der Waals surface area contributed by atoms with E-state index in [-0.39, 0.29) is 4.32 Å². The molecule has 0 aliphatic rings. The monoisotopic (exact) mass is 276 g/mol. The first-order valence-electron chi connectivity index (χ1n) is 3.45. The summed E-state index contributed by atoms with van der Waals surface area (Å²) in [6.07, 6.45) is 0. The van der Waals surface area contributed by atoms with E-state index >= 15 is 0 Å². The van der Waals surface area contributed by atoms with Crippen molar-refractivity contribution in [1.29, 1.82) is 0 Å². The molecule has 0 saturated heterocycles. The molecule has 60 valence electrons. The van der Waals surface area contributed by atoms with Crippen LogP contribution in [0.15, 0.2) is 28.7 Å². The second kappa shape index (κ2) is 3.28. The van der Waals surface area contributed by atoms with E-state index in [1.807, 2.05) is 0 Å². The first kappa shape index (κ1) is 9.27. The van der Waals surface area contributed by atoms with Crippen molar-refractivity contribution in [2.75, 3.05) is 0 Å². The van der Waals surface area contributed by atoms with Gasteiger partial charge in [0.2, 0.25) is 0 Å². The first-order valence-corrected chi connectivity index (χ1v) is 5.04. The van der Waals surface area contributed by atoms with Crippen LogP contribution in [0.5, 0.6) is 0 Å². The van der Waals surface area contributed by atoms with Gasteiger partial charge < -0.3 is 0 Å². The zero-order valence-corrected chi connectivity index (χ0v) is 9.74. The molecule has 0 aliphatic carbocycles. The minimum absolute atomic E-state index is 0.0771. The van der Waals surface area contributed by atoms with Gasteiger partial charge in [-0.3, -0.25) is 0 Å². The highest BCUT2D eigenvalue weighted by Gasteiger charge is 2.14. The number of rotatable bonds is 1. The lowest BCUT2D eigenvalue weighted by atomic mass is 10.0. The highest BCUT2D eigenvalue weighted by Crippen LogP contribution is 2.30. The molecule has 0 amide bonds. The van der Waals surface area contributed by atoms with E-state index in [1.165, 1.54) is 5.56 Å². The summed E-state index contributed by atoms with van der Waals surface area (Å²) >= 11 is 6.99. The summed E-state index contributed by atoms with van der Waals surface area (Å²) in [7, 11) is 0. The van der Waals surface area contributed by atoms with Gasteiger partial charge in [0.1, 0.15) is 0 Å². The van der Waals surface area contributed by atoms with Crippen molar-refractivity contribution in [3.8, 4) is 0 Å². The summed E-state index contributed by atoms with van der Waals surface area (Å²) in [6.45, 7) is 4.27. The molecular weight excluding hydrogens is 268 g/mol. The lowest BCUT2D eigenvalue weighted by Crippen LogP contribution is -2.05. The number of benzene rings is 1. The molecule has 1 rings (SSSR count). The molecule has 0 fully saturated rings. The van der Waals surface area contributed by atoms with Crippen LogP contribution < -0.4 is 0 Å². The number of alkyl halides is 1. The van der Waals surface area contributed by atoms with E-state index in [4.69, 9.17) is 0 Å². The summed E-state index contributed by atoms with van der Waals surface area (Å²) in [4.78, 5) is 0. The van der Waals surface area contributed by atoms with E-state index in [9.17, 15) is 0 Å². The lowest BCUT2D eigenvalue weighted by molar-refractivity contribution is 0.803. The van der Waals surface area contributed by atoms with Crippen LogP contribution in [0.2, 0.25) is 0 Å². The number of hydrogen-bond donors (Lipinski definition) is 0. The Balaban J connectivity index is 2.99. The fourth-order valence-corrected chi connectivity index (χ4v) is 1.37. The minimum Gasteiger partial charge on any atom is -0.0807 e. The molecule has 0 spiro atoms. The van der Waals surface area contributed by atoms with Gasteiger partial charge in [0, 0.05) is 8.80 Å². The van der Waals surface area contributed by atoms with E-state index in [1.54, 1.807) is 0 Å². The van der Waals surface area contributed by atoms with E-state index in [2.05, 4.69) is 70.0 Å². The van der Waals surface area contributed by atoms with Crippen LogP contribution in [0.3, 0.4) is 0 Å². The summed E-state index contributed by atoms with van der Waals surface area (Å²) in [5.74, 6) is 0. The quantitative estimate of drug-likeness (QED) is 0.679. The summed E-state index contributed by atoms with van der Waals surface area (Å²) in [5.41, 5.74) is 1.29. The van der Waals surface area contributed by atoms with Gasteiger partial charge in [-0.15, -0.1) is 0 Å². The molecule has 0 radical (unpaired) electrons. The van der Waals surface area contributed by atoms with Gasteiger partial charge in [-0.1, -0.05) is 44.0 Å². The maximum atomic E-state index is 3.60. The maximum absolute atomic E-state index is 3.60. The van der Waals surface area contributed by atoms with E-state index in [0.717, 1.165) is 4.47 Å². The molecule has 11 heavy (non-hydrogen) atoms. The normalized spacial score (nSPS) is 11.6. The molecule has 2 heteroatoms. The van der Waals surface area contributed by atoms with Crippen molar-refractivity contribution in [2.24, 2.45) is 0 Å². The molecule has 0 unspecified atom stereocenters. The molecule has 0 bridgehead atoms. The van der Waals surface area contributed by atoms with Crippen molar-refractivity contribution in [1.82, 2.24) is 0 Å². The van der Waals surface area contributed by atoms with Crippen LogP contribution in [0.25, 0.3) is 0 Å². The van der Waals surface area contributed by atoms with Gasteiger partial charge in [-0.25, -0.2) is 0 Å². The van der Waals surface area contributed by atoms with Gasteiger partial charge in [0.25, 0.3) is 0 Å². The molecule has 0 saturated carbocycles. The van der Waals surface area contributed by atoms with Crippen molar-refractivity contribution in [2.45, 2.75) is 18.2 Å². The number of hydrogen-bond acceptors (Lipinski definition) is 0. The fourth-order valence-electron chi connectivity index (χ4n) is 0.846.